The Labute approximate surface area is 83.1 Å². The molecule has 13 heavy (non-hydrogen) atoms. The Hall–Kier alpha value is -1.13. The van der Waals surface area contributed by atoms with Crippen molar-refractivity contribution in [3.8, 4) is 0 Å². The van der Waals surface area contributed by atoms with E-state index >= 15 is 0 Å². The van der Waals surface area contributed by atoms with Crippen LogP contribution < -0.4 is 5.73 Å². The molecule has 0 saturated heterocycles. The summed E-state index contributed by atoms with van der Waals surface area (Å²) in [6.45, 7) is 0. The van der Waals surface area contributed by atoms with Gasteiger partial charge in [-0.3, -0.25) is 4.79 Å². The van der Waals surface area contributed by atoms with E-state index in [0.29, 0.717) is 5.15 Å². The molecular weight excluding hydrogens is 208 g/mol. The number of hydrogen-bond acceptors (Lipinski definition) is 3. The number of rotatable bonds is 1. The maximum absolute atomic E-state index is 10.8. The van der Waals surface area contributed by atoms with Gasteiger partial charge in [0.2, 0.25) is 0 Å². The lowest BCUT2D eigenvalue weighted by Gasteiger charge is -1.96. The van der Waals surface area contributed by atoms with Crippen molar-refractivity contribution >= 4 is 38.9 Å². The summed E-state index contributed by atoms with van der Waals surface area (Å²) in [5.74, 6) is -0.560. The molecule has 0 atom stereocenters. The van der Waals surface area contributed by atoms with Gasteiger partial charge in [-0.15, -0.1) is 11.3 Å². The Bertz CT molecular complexity index is 480. The second-order valence-electron chi connectivity index (χ2n) is 2.50. The molecule has 0 fully saturated rings. The Kier molecular flexibility index (Phi) is 1.94. The molecule has 3 nitrogen and oxygen atoms in total. The van der Waals surface area contributed by atoms with Gasteiger partial charge in [0.1, 0.15) is 10.8 Å². The first-order chi connectivity index (χ1) is 6.18. The van der Waals surface area contributed by atoms with Crippen LogP contribution in [0.4, 0.5) is 0 Å². The fourth-order valence-corrected chi connectivity index (χ4v) is 2.15. The smallest absolute Gasteiger partial charge is 0.267 e. The van der Waals surface area contributed by atoms with Gasteiger partial charge in [0.05, 0.1) is 4.70 Å². The third-order valence-corrected chi connectivity index (χ3v) is 2.97. The van der Waals surface area contributed by atoms with Crippen LogP contribution in [0.5, 0.6) is 0 Å². The summed E-state index contributed by atoms with van der Waals surface area (Å²) in [5.41, 5.74) is 5.29. The van der Waals surface area contributed by atoms with Gasteiger partial charge in [-0.05, 0) is 22.9 Å². The van der Waals surface area contributed by atoms with E-state index in [-0.39, 0.29) is 5.69 Å². The molecule has 0 unspecified atom stereocenters. The summed E-state index contributed by atoms with van der Waals surface area (Å²) in [6.07, 6.45) is 0. The Morgan fingerprint density at radius 1 is 1.62 bits per heavy atom. The van der Waals surface area contributed by atoms with Gasteiger partial charge in [-0.1, -0.05) is 11.6 Å². The molecule has 2 aromatic heterocycles. The lowest BCUT2D eigenvalue weighted by atomic mass is 10.2. The molecule has 0 aromatic carbocycles. The van der Waals surface area contributed by atoms with Gasteiger partial charge in [-0.25, -0.2) is 4.98 Å². The van der Waals surface area contributed by atoms with Crippen LogP contribution in [0, 0.1) is 0 Å². The highest BCUT2D eigenvalue weighted by Gasteiger charge is 2.08. The maximum atomic E-state index is 10.8. The van der Waals surface area contributed by atoms with Crippen molar-refractivity contribution in [1.29, 1.82) is 0 Å². The van der Waals surface area contributed by atoms with Crippen molar-refractivity contribution in [2.75, 3.05) is 0 Å². The van der Waals surface area contributed by atoms with E-state index in [0.717, 1.165) is 10.1 Å². The van der Waals surface area contributed by atoms with Crippen LogP contribution in [-0.2, 0) is 0 Å². The first-order valence-electron chi connectivity index (χ1n) is 3.52. The number of hydrogen-bond donors (Lipinski definition) is 1. The Morgan fingerprint density at radius 2 is 2.38 bits per heavy atom. The van der Waals surface area contributed by atoms with Crippen molar-refractivity contribution in [1.82, 2.24) is 4.98 Å². The van der Waals surface area contributed by atoms with E-state index in [1.165, 1.54) is 11.3 Å². The standard InChI is InChI=1S/C8H5ClN2OS/c9-7-6-4(1-2-13-6)3-5(11-7)8(10)12/h1-3H,(H2,10,12). The molecule has 0 aliphatic rings. The number of primary amides is 1. The number of carbonyl (C=O) groups is 1. The lowest BCUT2D eigenvalue weighted by molar-refractivity contribution is 0.0996. The molecule has 2 aromatic rings. The second kappa shape index (κ2) is 2.97. The molecule has 2 rings (SSSR count). The largest absolute Gasteiger partial charge is 0.364 e. The van der Waals surface area contributed by atoms with Gasteiger partial charge in [0.15, 0.2) is 0 Å². The number of nitrogens with two attached hydrogens (primary N) is 1. The van der Waals surface area contributed by atoms with Crippen LogP contribution in [0.15, 0.2) is 17.5 Å². The Balaban J connectivity index is 2.77. The highest BCUT2D eigenvalue weighted by atomic mass is 35.5. The third-order valence-electron chi connectivity index (χ3n) is 1.65. The zero-order valence-corrected chi connectivity index (χ0v) is 8.02. The van der Waals surface area contributed by atoms with Crippen molar-refractivity contribution in [3.05, 3.63) is 28.4 Å². The number of fused-ring (bicyclic) bond motifs is 1. The van der Waals surface area contributed by atoms with E-state index < -0.39 is 5.91 Å². The van der Waals surface area contributed by atoms with Crippen LogP contribution in [0.2, 0.25) is 5.15 Å². The number of nitrogens with zero attached hydrogens (tertiary/aromatic N) is 1. The van der Waals surface area contributed by atoms with Crippen LogP contribution in [-0.4, -0.2) is 10.9 Å². The summed E-state index contributed by atoms with van der Waals surface area (Å²) in [7, 11) is 0. The van der Waals surface area contributed by atoms with Gasteiger partial charge in [0, 0.05) is 0 Å². The summed E-state index contributed by atoms with van der Waals surface area (Å²) in [4.78, 5) is 14.7. The molecule has 0 saturated carbocycles. The van der Waals surface area contributed by atoms with Gasteiger partial charge in [-0.2, -0.15) is 0 Å². The zero-order chi connectivity index (χ0) is 9.42. The third kappa shape index (κ3) is 1.38. The van der Waals surface area contributed by atoms with E-state index in [2.05, 4.69) is 4.98 Å². The van der Waals surface area contributed by atoms with E-state index in [1.54, 1.807) is 6.07 Å². The second-order valence-corrected chi connectivity index (χ2v) is 3.78. The number of pyridine rings is 1. The van der Waals surface area contributed by atoms with E-state index in [9.17, 15) is 4.79 Å². The summed E-state index contributed by atoms with van der Waals surface area (Å²) >= 11 is 7.33. The number of halogens is 1. The molecule has 0 bridgehead atoms. The van der Waals surface area contributed by atoms with Gasteiger partial charge >= 0.3 is 0 Å². The van der Waals surface area contributed by atoms with Crippen molar-refractivity contribution in [2.45, 2.75) is 0 Å². The molecule has 0 spiro atoms. The van der Waals surface area contributed by atoms with Gasteiger partial charge < -0.3 is 5.73 Å². The topological polar surface area (TPSA) is 56.0 Å². The summed E-state index contributed by atoms with van der Waals surface area (Å²) in [5, 5.41) is 3.13. The normalized spacial score (nSPS) is 10.5. The predicted octanol–water partition coefficient (Wildman–Crippen LogP) is 2.05. The molecular formula is C8H5ClN2OS. The summed E-state index contributed by atoms with van der Waals surface area (Å²) in [6, 6.07) is 3.51. The van der Waals surface area contributed by atoms with Crippen molar-refractivity contribution in [2.24, 2.45) is 5.73 Å². The minimum absolute atomic E-state index is 0.205. The SMILES string of the molecule is NC(=O)c1cc2ccsc2c(Cl)n1. The monoisotopic (exact) mass is 212 g/mol. The minimum atomic E-state index is -0.560. The molecule has 2 heterocycles. The number of thiophene rings is 1. The Morgan fingerprint density at radius 3 is 3.08 bits per heavy atom. The first-order valence-corrected chi connectivity index (χ1v) is 4.78. The molecule has 5 heteroatoms. The molecule has 0 aliphatic carbocycles. The first kappa shape index (κ1) is 8.47. The molecule has 0 aliphatic heterocycles. The average Bonchev–Trinajstić information content (AvgIpc) is 2.51. The highest BCUT2D eigenvalue weighted by molar-refractivity contribution is 7.17. The minimum Gasteiger partial charge on any atom is -0.364 e. The molecule has 1 amide bonds. The highest BCUT2D eigenvalue weighted by Crippen LogP contribution is 2.27. The fraction of sp³-hybridized carbons (Fsp3) is 0. The van der Waals surface area contributed by atoms with Crippen LogP contribution >= 0.6 is 22.9 Å². The fourth-order valence-electron chi connectivity index (χ4n) is 1.06. The number of aromatic nitrogens is 1. The van der Waals surface area contributed by atoms with Crippen LogP contribution in [0.25, 0.3) is 10.1 Å². The van der Waals surface area contributed by atoms with E-state index in [1.807, 2.05) is 11.4 Å². The van der Waals surface area contributed by atoms with Crippen LogP contribution in [0.3, 0.4) is 0 Å². The molecule has 0 radical (unpaired) electrons. The zero-order valence-electron chi connectivity index (χ0n) is 6.45. The predicted molar refractivity (Wildman–Crippen MR) is 53.1 cm³/mol. The number of amides is 1. The van der Waals surface area contributed by atoms with E-state index in [4.69, 9.17) is 17.3 Å². The quantitative estimate of drug-likeness (QED) is 0.736. The molecule has 2 N–H and O–H groups in total. The van der Waals surface area contributed by atoms with Crippen LogP contribution in [0.1, 0.15) is 10.5 Å². The maximum Gasteiger partial charge on any atom is 0.267 e. The summed E-state index contributed by atoms with van der Waals surface area (Å²) < 4.78 is 0.881. The van der Waals surface area contributed by atoms with Crippen molar-refractivity contribution < 1.29 is 4.79 Å². The molecule has 66 valence electrons. The van der Waals surface area contributed by atoms with Gasteiger partial charge in [0.25, 0.3) is 5.91 Å². The van der Waals surface area contributed by atoms with Crippen molar-refractivity contribution in [3.63, 3.8) is 0 Å². The average molecular weight is 213 g/mol. The lowest BCUT2D eigenvalue weighted by Crippen LogP contribution is -2.12. The number of carbonyl (C=O) groups excluding carboxylic acids is 1.